The Hall–Kier alpha value is -3.60. The first-order valence-electron chi connectivity index (χ1n) is 8.71. The number of nitro groups is 1. The Bertz CT molecular complexity index is 1040. The van der Waals surface area contributed by atoms with Crippen LogP contribution in [-0.4, -0.2) is 28.4 Å². The lowest BCUT2D eigenvalue weighted by molar-refractivity contribution is -0.384. The van der Waals surface area contributed by atoms with Crippen molar-refractivity contribution >= 4 is 50.8 Å². The van der Waals surface area contributed by atoms with Gasteiger partial charge < -0.3 is 10.1 Å². The van der Waals surface area contributed by atoms with E-state index in [1.54, 1.807) is 30.3 Å². The molecule has 0 aliphatic carbocycles. The van der Waals surface area contributed by atoms with Crippen molar-refractivity contribution in [2.75, 3.05) is 5.32 Å². The maximum atomic E-state index is 12.9. The van der Waals surface area contributed by atoms with Gasteiger partial charge in [0.25, 0.3) is 11.6 Å². The Morgan fingerprint density at radius 3 is 2.53 bits per heavy atom. The molecule has 1 aliphatic rings. The second-order valence-electron chi connectivity index (χ2n) is 6.20. The molecule has 2 aromatic carbocycles. The minimum atomic E-state index is -1.30. The summed E-state index contributed by atoms with van der Waals surface area (Å²) < 4.78 is 5.68. The Kier molecular flexibility index (Phi) is 6.52. The number of rotatable bonds is 6. The van der Waals surface area contributed by atoms with E-state index in [9.17, 15) is 24.5 Å². The summed E-state index contributed by atoms with van der Waals surface area (Å²) in [6, 6.07) is 12.2. The van der Waals surface area contributed by atoms with Crippen molar-refractivity contribution in [3.8, 4) is 0 Å². The Morgan fingerprint density at radius 1 is 1.20 bits per heavy atom. The molecule has 2 amide bonds. The van der Waals surface area contributed by atoms with Crippen molar-refractivity contribution in [2.24, 2.45) is 5.10 Å². The van der Waals surface area contributed by atoms with E-state index < -0.39 is 22.9 Å². The molecular formula is C19H15BrN4O6. The number of carbonyl (C=O) groups is 3. The predicted octanol–water partition coefficient (Wildman–Crippen LogP) is 2.85. The summed E-state index contributed by atoms with van der Waals surface area (Å²) in [6.07, 6.45) is -1.12. The van der Waals surface area contributed by atoms with Crippen LogP contribution in [0, 0.1) is 10.1 Å². The largest absolute Gasteiger partial charge is 0.443 e. The quantitative estimate of drug-likeness (QED) is 0.374. The molecule has 0 fully saturated rings. The molecule has 11 heteroatoms. The SMILES string of the molecule is O=C1CCC(C(=O)O[C@H](C(=O)Nc2ccc([N+](=O)[O-])cc2Br)c2ccccc2)=NN1. The third-order valence-electron chi connectivity index (χ3n) is 4.13. The fraction of sp³-hybridized carbons (Fsp3) is 0.158. The van der Waals surface area contributed by atoms with Gasteiger partial charge in [-0.15, -0.1) is 0 Å². The van der Waals surface area contributed by atoms with Crippen LogP contribution in [0.2, 0.25) is 0 Å². The van der Waals surface area contributed by atoms with Gasteiger partial charge in [0, 0.05) is 35.0 Å². The van der Waals surface area contributed by atoms with E-state index in [0.29, 0.717) is 10.0 Å². The van der Waals surface area contributed by atoms with Gasteiger partial charge >= 0.3 is 5.97 Å². The second kappa shape index (κ2) is 9.27. The number of benzene rings is 2. The van der Waals surface area contributed by atoms with Gasteiger partial charge in [-0.3, -0.25) is 19.7 Å². The van der Waals surface area contributed by atoms with Crippen molar-refractivity contribution in [1.82, 2.24) is 5.43 Å². The number of halogens is 1. The molecule has 0 bridgehead atoms. The number of amides is 2. The molecule has 0 spiro atoms. The van der Waals surface area contributed by atoms with Crippen LogP contribution in [0.4, 0.5) is 11.4 Å². The average molecular weight is 475 g/mol. The predicted molar refractivity (Wildman–Crippen MR) is 110 cm³/mol. The van der Waals surface area contributed by atoms with E-state index in [0.717, 1.165) is 0 Å². The van der Waals surface area contributed by atoms with Gasteiger partial charge in [0.15, 0.2) is 0 Å². The van der Waals surface area contributed by atoms with Crippen molar-refractivity contribution in [2.45, 2.75) is 18.9 Å². The molecule has 0 unspecified atom stereocenters. The summed E-state index contributed by atoms with van der Waals surface area (Å²) >= 11 is 3.18. The van der Waals surface area contributed by atoms with Crippen LogP contribution in [0.15, 0.2) is 58.1 Å². The molecule has 0 saturated carbocycles. The number of hydrogen-bond acceptors (Lipinski definition) is 7. The zero-order valence-electron chi connectivity index (χ0n) is 15.3. The molecule has 0 saturated heterocycles. The van der Waals surface area contributed by atoms with Gasteiger partial charge in [-0.1, -0.05) is 30.3 Å². The normalized spacial score (nSPS) is 14.2. The number of nitrogens with one attached hydrogen (secondary N) is 2. The Morgan fingerprint density at radius 2 is 1.93 bits per heavy atom. The highest BCUT2D eigenvalue weighted by Gasteiger charge is 2.29. The number of hydrogen-bond donors (Lipinski definition) is 2. The van der Waals surface area contributed by atoms with Crippen molar-refractivity contribution < 1.29 is 24.0 Å². The lowest BCUT2D eigenvalue weighted by atomic mass is 10.1. The number of ether oxygens (including phenoxy) is 1. The maximum Gasteiger partial charge on any atom is 0.355 e. The zero-order valence-corrected chi connectivity index (χ0v) is 16.9. The third-order valence-corrected chi connectivity index (χ3v) is 4.78. The van der Waals surface area contributed by atoms with Crippen LogP contribution in [0.1, 0.15) is 24.5 Å². The number of carbonyl (C=O) groups excluding carboxylic acids is 3. The van der Waals surface area contributed by atoms with E-state index >= 15 is 0 Å². The highest BCUT2D eigenvalue weighted by Crippen LogP contribution is 2.29. The molecule has 0 radical (unpaired) electrons. The van der Waals surface area contributed by atoms with Crippen LogP contribution < -0.4 is 10.7 Å². The standard InChI is InChI=1S/C19H15BrN4O6/c20-13-10-12(24(28)29)6-7-14(13)21-18(26)17(11-4-2-1-3-5-11)30-19(27)15-8-9-16(25)23-22-15/h1-7,10,17H,8-9H2,(H,21,26)(H,23,25)/t17-/m0/s1. The van der Waals surface area contributed by atoms with E-state index in [1.807, 2.05) is 0 Å². The van der Waals surface area contributed by atoms with Crippen molar-refractivity contribution in [3.05, 3.63) is 68.7 Å². The third kappa shape index (κ3) is 5.06. The lowest BCUT2D eigenvalue weighted by Gasteiger charge is -2.19. The monoisotopic (exact) mass is 474 g/mol. The van der Waals surface area contributed by atoms with Crippen LogP contribution in [0.3, 0.4) is 0 Å². The van der Waals surface area contributed by atoms with Gasteiger partial charge in [0.1, 0.15) is 5.71 Å². The topological polar surface area (TPSA) is 140 Å². The van der Waals surface area contributed by atoms with E-state index in [1.165, 1.54) is 18.2 Å². The minimum Gasteiger partial charge on any atom is -0.443 e. The summed E-state index contributed by atoms with van der Waals surface area (Å²) in [4.78, 5) is 46.9. The first kappa shape index (κ1) is 21.1. The smallest absolute Gasteiger partial charge is 0.355 e. The molecule has 154 valence electrons. The number of hydrazone groups is 1. The second-order valence-corrected chi connectivity index (χ2v) is 7.05. The molecule has 1 atom stereocenters. The van der Waals surface area contributed by atoms with E-state index in [-0.39, 0.29) is 35.8 Å². The molecule has 1 heterocycles. The van der Waals surface area contributed by atoms with Crippen molar-refractivity contribution in [3.63, 3.8) is 0 Å². The number of nitro benzene ring substituents is 1. The van der Waals surface area contributed by atoms with Crippen LogP contribution in [-0.2, 0) is 19.1 Å². The summed E-state index contributed by atoms with van der Waals surface area (Å²) in [7, 11) is 0. The highest BCUT2D eigenvalue weighted by molar-refractivity contribution is 9.10. The molecule has 10 nitrogen and oxygen atoms in total. The van der Waals surface area contributed by atoms with Crippen LogP contribution in [0.5, 0.6) is 0 Å². The van der Waals surface area contributed by atoms with Gasteiger partial charge in [-0.25, -0.2) is 10.2 Å². The number of esters is 1. The summed E-state index contributed by atoms with van der Waals surface area (Å²) in [5.74, 6) is -1.81. The van der Waals surface area contributed by atoms with E-state index in [2.05, 4.69) is 31.8 Å². The molecule has 30 heavy (non-hydrogen) atoms. The highest BCUT2D eigenvalue weighted by atomic mass is 79.9. The molecular weight excluding hydrogens is 460 g/mol. The van der Waals surface area contributed by atoms with Gasteiger partial charge in [0.2, 0.25) is 12.0 Å². The van der Waals surface area contributed by atoms with Crippen molar-refractivity contribution in [1.29, 1.82) is 0 Å². The molecule has 2 N–H and O–H groups in total. The average Bonchev–Trinajstić information content (AvgIpc) is 2.74. The number of nitrogens with zero attached hydrogens (tertiary/aromatic N) is 2. The zero-order chi connectivity index (χ0) is 21.7. The summed E-state index contributed by atoms with van der Waals surface area (Å²) in [6.45, 7) is 0. The first-order valence-corrected chi connectivity index (χ1v) is 9.50. The lowest BCUT2D eigenvalue weighted by Crippen LogP contribution is -2.33. The Balaban J connectivity index is 1.82. The molecule has 3 rings (SSSR count). The number of non-ortho nitro benzene ring substituents is 1. The number of anilines is 1. The molecule has 2 aromatic rings. The Labute approximate surface area is 178 Å². The molecule has 1 aliphatic heterocycles. The first-order chi connectivity index (χ1) is 14.3. The van der Waals surface area contributed by atoms with Gasteiger partial charge in [-0.2, -0.15) is 5.10 Å². The van der Waals surface area contributed by atoms with Crippen LogP contribution >= 0.6 is 15.9 Å². The van der Waals surface area contributed by atoms with Gasteiger partial charge in [0.05, 0.1) is 10.6 Å². The van der Waals surface area contributed by atoms with Crippen LogP contribution in [0.25, 0.3) is 0 Å². The fourth-order valence-corrected chi connectivity index (χ4v) is 3.08. The maximum absolute atomic E-state index is 12.9. The molecule has 0 aromatic heterocycles. The van der Waals surface area contributed by atoms with Gasteiger partial charge in [-0.05, 0) is 22.0 Å². The summed E-state index contributed by atoms with van der Waals surface area (Å²) in [5, 5.41) is 17.1. The fourth-order valence-electron chi connectivity index (χ4n) is 2.61. The van der Waals surface area contributed by atoms with E-state index in [4.69, 9.17) is 4.74 Å². The summed E-state index contributed by atoms with van der Waals surface area (Å²) in [5.41, 5.74) is 2.74. The minimum absolute atomic E-state index is 0.000141.